The smallest absolute Gasteiger partial charge is 0.328 e. The monoisotopic (exact) mass is 402 g/mol. The predicted molar refractivity (Wildman–Crippen MR) is 95.4 cm³/mol. The number of ether oxygens (including phenoxy) is 1. The van der Waals surface area contributed by atoms with Crippen LogP contribution in [0.25, 0.3) is 0 Å². The van der Waals surface area contributed by atoms with Crippen LogP contribution in [0.4, 0.5) is 13.2 Å². The van der Waals surface area contributed by atoms with E-state index in [2.05, 4.69) is 10.1 Å². The molecule has 2 amide bonds. The zero-order chi connectivity index (χ0) is 21.4. The van der Waals surface area contributed by atoms with Crippen molar-refractivity contribution in [2.75, 3.05) is 13.7 Å². The summed E-state index contributed by atoms with van der Waals surface area (Å²) in [5.41, 5.74) is -0.118. The van der Waals surface area contributed by atoms with Gasteiger partial charge >= 0.3 is 5.97 Å². The van der Waals surface area contributed by atoms with Gasteiger partial charge in [0.15, 0.2) is 11.6 Å². The Bertz CT molecular complexity index is 725. The number of carbonyl (C=O) groups excluding carboxylic acids is 3. The summed E-state index contributed by atoms with van der Waals surface area (Å²) in [5.74, 6) is -3.83. The number of likely N-dealkylation sites (tertiary alicyclic amines) is 1. The summed E-state index contributed by atoms with van der Waals surface area (Å²) in [4.78, 5) is 34.4. The van der Waals surface area contributed by atoms with Crippen molar-refractivity contribution in [3.05, 3.63) is 35.1 Å². The Morgan fingerprint density at radius 1 is 1.25 bits per heavy atom. The van der Waals surface area contributed by atoms with Crippen LogP contribution in [0.3, 0.4) is 0 Å². The van der Waals surface area contributed by atoms with Gasteiger partial charge in [-0.05, 0) is 18.4 Å². The largest absolute Gasteiger partial charge is 0.467 e. The molecule has 0 saturated carbocycles. The molecule has 0 bridgehead atoms. The van der Waals surface area contributed by atoms with Crippen LogP contribution < -0.4 is 5.32 Å². The number of rotatable bonds is 5. The van der Waals surface area contributed by atoms with Crippen LogP contribution in [0.15, 0.2) is 12.1 Å². The van der Waals surface area contributed by atoms with Crippen LogP contribution in [0.5, 0.6) is 0 Å². The van der Waals surface area contributed by atoms with Crippen molar-refractivity contribution in [2.24, 2.45) is 5.92 Å². The Kier molecular flexibility index (Phi) is 8.94. The molecule has 0 radical (unpaired) electrons. The molecule has 156 valence electrons. The van der Waals surface area contributed by atoms with Gasteiger partial charge in [0.25, 0.3) is 0 Å². The lowest BCUT2D eigenvalue weighted by Gasteiger charge is -2.18. The third-order valence-corrected chi connectivity index (χ3v) is 4.08. The standard InChI is InChI=1S/C11H10F3NO.C8H15NO3/c12-8-4-7(11(14)9(13)5-8)6-15-3-1-2-10(15)16;1-5(2)7(8(11)12-4)9-6(3)10/h4-5H,1-3,6H2;5,7H,1-4H3,(H,9,10). The molecule has 1 heterocycles. The summed E-state index contributed by atoms with van der Waals surface area (Å²) in [7, 11) is 1.31. The predicted octanol–water partition coefficient (Wildman–Crippen LogP) is 2.55. The average Bonchev–Trinajstić information content (AvgIpc) is 3.01. The molecule has 9 heteroatoms. The highest BCUT2D eigenvalue weighted by atomic mass is 19.2. The quantitative estimate of drug-likeness (QED) is 0.607. The second kappa shape index (κ2) is 10.7. The van der Waals surface area contributed by atoms with E-state index in [-0.39, 0.29) is 29.8 Å². The van der Waals surface area contributed by atoms with Gasteiger partial charge in [-0.1, -0.05) is 13.8 Å². The third kappa shape index (κ3) is 6.86. The zero-order valence-corrected chi connectivity index (χ0v) is 16.4. The van der Waals surface area contributed by atoms with Crippen molar-refractivity contribution < 1.29 is 32.3 Å². The maximum absolute atomic E-state index is 13.3. The summed E-state index contributed by atoms with van der Waals surface area (Å²) in [6.07, 6.45) is 1.12. The topological polar surface area (TPSA) is 75.7 Å². The van der Waals surface area contributed by atoms with Crippen LogP contribution in [0, 0.1) is 23.4 Å². The lowest BCUT2D eigenvalue weighted by atomic mass is 10.1. The molecule has 0 aliphatic carbocycles. The number of hydrogen-bond acceptors (Lipinski definition) is 4. The molecule has 1 saturated heterocycles. The molecule has 1 fully saturated rings. The molecule has 1 aromatic rings. The Morgan fingerprint density at radius 2 is 1.89 bits per heavy atom. The molecule has 0 aromatic heterocycles. The maximum Gasteiger partial charge on any atom is 0.328 e. The van der Waals surface area contributed by atoms with E-state index in [0.717, 1.165) is 6.07 Å². The number of nitrogens with zero attached hydrogens (tertiary/aromatic N) is 1. The van der Waals surface area contributed by atoms with Crippen molar-refractivity contribution in [2.45, 2.75) is 46.2 Å². The van der Waals surface area contributed by atoms with Crippen LogP contribution in [0.1, 0.15) is 39.2 Å². The lowest BCUT2D eigenvalue weighted by Crippen LogP contribution is -2.44. The van der Waals surface area contributed by atoms with E-state index in [0.29, 0.717) is 25.5 Å². The normalized spacial score (nSPS) is 14.4. The molecule has 1 aliphatic rings. The van der Waals surface area contributed by atoms with Gasteiger partial charge in [0, 0.05) is 38.1 Å². The summed E-state index contributed by atoms with van der Waals surface area (Å²) in [6.45, 7) is 5.50. The fourth-order valence-electron chi connectivity index (χ4n) is 2.64. The first-order valence-electron chi connectivity index (χ1n) is 8.82. The highest BCUT2D eigenvalue weighted by Gasteiger charge is 2.23. The molecule has 1 N–H and O–H groups in total. The van der Waals surface area contributed by atoms with E-state index in [1.807, 2.05) is 13.8 Å². The molecular weight excluding hydrogens is 377 g/mol. The van der Waals surface area contributed by atoms with Crippen molar-refractivity contribution in [1.29, 1.82) is 0 Å². The van der Waals surface area contributed by atoms with E-state index in [4.69, 9.17) is 0 Å². The van der Waals surface area contributed by atoms with E-state index in [1.54, 1.807) is 0 Å². The van der Waals surface area contributed by atoms with Crippen LogP contribution in [-0.4, -0.2) is 42.4 Å². The van der Waals surface area contributed by atoms with Crippen molar-refractivity contribution >= 4 is 17.8 Å². The highest BCUT2D eigenvalue weighted by molar-refractivity contribution is 5.83. The van der Waals surface area contributed by atoms with Gasteiger partial charge in [0.05, 0.1) is 7.11 Å². The first-order chi connectivity index (χ1) is 13.1. The first-order valence-corrected chi connectivity index (χ1v) is 8.82. The SMILES string of the molecule is COC(=O)C(NC(C)=O)C(C)C.O=C1CCCN1Cc1cc(F)cc(F)c1F. The Balaban J connectivity index is 0.000000295. The third-order valence-electron chi connectivity index (χ3n) is 4.08. The Hall–Kier alpha value is -2.58. The number of carbonyl (C=O) groups is 3. The number of benzene rings is 1. The van der Waals surface area contributed by atoms with Crippen LogP contribution in [-0.2, 0) is 25.7 Å². The minimum absolute atomic E-state index is 0.0429. The number of halogens is 3. The molecule has 1 aliphatic heterocycles. The number of methoxy groups -OCH3 is 1. The number of esters is 1. The van der Waals surface area contributed by atoms with Gasteiger partial charge in [-0.15, -0.1) is 0 Å². The van der Waals surface area contributed by atoms with Gasteiger partial charge in [-0.25, -0.2) is 18.0 Å². The molecule has 6 nitrogen and oxygen atoms in total. The van der Waals surface area contributed by atoms with Gasteiger partial charge in [-0.2, -0.15) is 0 Å². The van der Waals surface area contributed by atoms with Crippen molar-refractivity contribution in [3.63, 3.8) is 0 Å². The number of nitrogens with one attached hydrogen (secondary N) is 1. The van der Waals surface area contributed by atoms with Gasteiger partial charge in [-0.3, -0.25) is 9.59 Å². The highest BCUT2D eigenvalue weighted by Crippen LogP contribution is 2.19. The second-order valence-electron chi connectivity index (χ2n) is 6.72. The fraction of sp³-hybridized carbons (Fsp3) is 0.526. The van der Waals surface area contributed by atoms with Crippen LogP contribution in [0.2, 0.25) is 0 Å². The summed E-state index contributed by atoms with van der Waals surface area (Å²) < 4.78 is 43.6. The molecular formula is C19H25F3N2O4. The molecule has 2 rings (SSSR count). The number of amides is 2. The van der Waals surface area contributed by atoms with Gasteiger partial charge < -0.3 is 15.0 Å². The maximum atomic E-state index is 13.3. The Morgan fingerprint density at radius 3 is 2.36 bits per heavy atom. The Labute approximate surface area is 162 Å². The summed E-state index contributed by atoms with van der Waals surface area (Å²) in [6, 6.07) is 0.877. The molecule has 0 spiro atoms. The van der Waals surface area contributed by atoms with Crippen LogP contribution >= 0.6 is 0 Å². The minimum Gasteiger partial charge on any atom is -0.467 e. The zero-order valence-electron chi connectivity index (χ0n) is 16.4. The fourth-order valence-corrected chi connectivity index (χ4v) is 2.64. The first kappa shape index (κ1) is 23.5. The van der Waals surface area contributed by atoms with E-state index >= 15 is 0 Å². The molecule has 1 aromatic carbocycles. The molecule has 28 heavy (non-hydrogen) atoms. The molecule has 1 unspecified atom stereocenters. The average molecular weight is 402 g/mol. The minimum atomic E-state index is -1.22. The van der Waals surface area contributed by atoms with Gasteiger partial charge in [0.2, 0.25) is 11.8 Å². The number of hydrogen-bond donors (Lipinski definition) is 1. The second-order valence-corrected chi connectivity index (χ2v) is 6.72. The lowest BCUT2D eigenvalue weighted by molar-refractivity contribution is -0.146. The van der Waals surface area contributed by atoms with E-state index in [9.17, 15) is 27.6 Å². The summed E-state index contributed by atoms with van der Waals surface area (Å²) in [5, 5.41) is 2.52. The molecule has 1 atom stereocenters. The van der Waals surface area contributed by atoms with Crippen molar-refractivity contribution in [3.8, 4) is 0 Å². The van der Waals surface area contributed by atoms with E-state index < -0.39 is 29.5 Å². The van der Waals surface area contributed by atoms with Gasteiger partial charge in [0.1, 0.15) is 11.9 Å². The summed E-state index contributed by atoms with van der Waals surface area (Å²) >= 11 is 0. The van der Waals surface area contributed by atoms with E-state index in [1.165, 1.54) is 18.9 Å². The van der Waals surface area contributed by atoms with Crippen molar-refractivity contribution in [1.82, 2.24) is 10.2 Å².